The van der Waals surface area contributed by atoms with E-state index in [-0.39, 0.29) is 11.5 Å². The summed E-state index contributed by atoms with van der Waals surface area (Å²) in [6.07, 6.45) is 0. The van der Waals surface area contributed by atoms with E-state index in [2.05, 4.69) is 21.1 Å². The molecule has 1 heterocycles. The minimum atomic E-state index is -0.122. The molecule has 0 fully saturated rings. The fraction of sp³-hybridized carbons (Fsp3) is 0.0909. The molecule has 0 saturated carbocycles. The van der Waals surface area contributed by atoms with Crippen molar-refractivity contribution in [3.8, 4) is 11.3 Å². The Balaban J connectivity index is 2.41. The molecule has 15 heavy (non-hydrogen) atoms. The van der Waals surface area contributed by atoms with E-state index in [1.807, 2.05) is 24.3 Å². The summed E-state index contributed by atoms with van der Waals surface area (Å²) in [7, 11) is 0. The van der Waals surface area contributed by atoms with Crippen molar-refractivity contribution in [3.63, 3.8) is 0 Å². The highest BCUT2D eigenvalue weighted by atomic mass is 79.9. The smallest absolute Gasteiger partial charge is 0.202 e. The van der Waals surface area contributed by atoms with Gasteiger partial charge in [-0.3, -0.25) is 4.79 Å². The maximum atomic E-state index is 11.0. The Kier molecular flexibility index (Phi) is 2.68. The van der Waals surface area contributed by atoms with E-state index >= 15 is 0 Å². The highest BCUT2D eigenvalue weighted by Gasteiger charge is 2.09. The molecule has 0 aliphatic carbocycles. The first-order chi connectivity index (χ1) is 7.16. The third kappa shape index (κ3) is 2.15. The Bertz CT molecular complexity index is 505. The van der Waals surface area contributed by atoms with Crippen molar-refractivity contribution in [2.24, 2.45) is 0 Å². The van der Waals surface area contributed by atoms with E-state index in [1.54, 1.807) is 6.07 Å². The van der Waals surface area contributed by atoms with E-state index < -0.39 is 0 Å². The van der Waals surface area contributed by atoms with Gasteiger partial charge >= 0.3 is 0 Å². The molecule has 0 spiro atoms. The van der Waals surface area contributed by atoms with Crippen LogP contribution < -0.4 is 0 Å². The fourth-order valence-corrected chi connectivity index (χ4v) is 1.62. The summed E-state index contributed by atoms with van der Waals surface area (Å²) in [5, 5.41) is 3.83. The monoisotopic (exact) mass is 265 g/mol. The van der Waals surface area contributed by atoms with Gasteiger partial charge in [-0.05, 0) is 12.1 Å². The van der Waals surface area contributed by atoms with Crippen LogP contribution in [0.1, 0.15) is 17.5 Å². The van der Waals surface area contributed by atoms with Gasteiger partial charge in [-0.15, -0.1) is 0 Å². The van der Waals surface area contributed by atoms with Crippen molar-refractivity contribution in [1.82, 2.24) is 5.16 Å². The van der Waals surface area contributed by atoms with E-state index in [1.165, 1.54) is 6.92 Å². The molecule has 0 atom stereocenters. The van der Waals surface area contributed by atoms with Gasteiger partial charge in [-0.2, -0.15) is 0 Å². The van der Waals surface area contributed by atoms with Crippen molar-refractivity contribution in [2.45, 2.75) is 6.92 Å². The molecule has 76 valence electrons. The number of benzene rings is 1. The molecule has 4 heteroatoms. The minimum Gasteiger partial charge on any atom is -0.353 e. The zero-order valence-corrected chi connectivity index (χ0v) is 9.61. The summed E-state index contributed by atoms with van der Waals surface area (Å²) in [6.45, 7) is 1.45. The summed E-state index contributed by atoms with van der Waals surface area (Å²) < 4.78 is 5.87. The fourth-order valence-electron chi connectivity index (χ4n) is 1.22. The number of nitrogens with zero attached hydrogens (tertiary/aromatic N) is 1. The second-order valence-corrected chi connectivity index (χ2v) is 4.06. The lowest BCUT2D eigenvalue weighted by Gasteiger charge is -1.94. The van der Waals surface area contributed by atoms with Crippen molar-refractivity contribution in [3.05, 3.63) is 40.6 Å². The quantitative estimate of drug-likeness (QED) is 0.783. The predicted molar refractivity (Wildman–Crippen MR) is 59.6 cm³/mol. The number of carbonyl (C=O) groups is 1. The number of rotatable bonds is 2. The van der Waals surface area contributed by atoms with Crippen LogP contribution in [0, 0.1) is 0 Å². The highest BCUT2D eigenvalue weighted by molar-refractivity contribution is 9.10. The summed E-state index contributed by atoms with van der Waals surface area (Å²) in [6, 6.07) is 9.30. The SMILES string of the molecule is CC(=O)c1cc(-c2cccc(Br)c2)no1. The molecule has 0 bridgehead atoms. The lowest BCUT2D eigenvalue weighted by Crippen LogP contribution is -1.86. The lowest BCUT2D eigenvalue weighted by atomic mass is 10.1. The normalized spacial score (nSPS) is 10.3. The van der Waals surface area contributed by atoms with Gasteiger partial charge in [0.2, 0.25) is 5.76 Å². The van der Waals surface area contributed by atoms with Crippen LogP contribution in [0.25, 0.3) is 11.3 Å². The Labute approximate surface area is 95.2 Å². The van der Waals surface area contributed by atoms with Crippen LogP contribution in [0.2, 0.25) is 0 Å². The number of Topliss-reactive ketones (excluding diaryl/α,β-unsaturated/α-hetero) is 1. The van der Waals surface area contributed by atoms with Crippen LogP contribution >= 0.6 is 15.9 Å². The largest absolute Gasteiger partial charge is 0.353 e. The molecular formula is C11H8BrNO2. The van der Waals surface area contributed by atoms with Crippen LogP contribution in [-0.2, 0) is 0 Å². The number of carbonyl (C=O) groups excluding carboxylic acids is 1. The van der Waals surface area contributed by atoms with Crippen molar-refractivity contribution in [1.29, 1.82) is 0 Å². The first-order valence-electron chi connectivity index (χ1n) is 4.40. The van der Waals surface area contributed by atoms with Crippen LogP contribution in [0.15, 0.2) is 39.3 Å². The maximum absolute atomic E-state index is 11.0. The van der Waals surface area contributed by atoms with Crippen molar-refractivity contribution in [2.75, 3.05) is 0 Å². The van der Waals surface area contributed by atoms with Gasteiger partial charge in [0.15, 0.2) is 5.78 Å². The van der Waals surface area contributed by atoms with Gasteiger partial charge in [0.1, 0.15) is 5.69 Å². The zero-order valence-electron chi connectivity index (χ0n) is 8.03. The second-order valence-electron chi connectivity index (χ2n) is 3.14. The number of halogens is 1. The summed E-state index contributed by atoms with van der Waals surface area (Å²) >= 11 is 3.37. The van der Waals surface area contributed by atoms with E-state index in [0.29, 0.717) is 5.69 Å². The van der Waals surface area contributed by atoms with E-state index in [4.69, 9.17) is 4.52 Å². The average molecular weight is 266 g/mol. The van der Waals surface area contributed by atoms with E-state index in [9.17, 15) is 4.79 Å². The molecule has 0 aliphatic heterocycles. The van der Waals surface area contributed by atoms with Gasteiger partial charge in [0, 0.05) is 23.0 Å². The summed E-state index contributed by atoms with van der Waals surface area (Å²) in [5.41, 5.74) is 1.59. The van der Waals surface area contributed by atoms with Gasteiger partial charge in [0.25, 0.3) is 0 Å². The molecule has 1 aromatic heterocycles. The average Bonchev–Trinajstić information content (AvgIpc) is 2.66. The summed E-state index contributed by atoms with van der Waals surface area (Å²) in [4.78, 5) is 11.0. The Morgan fingerprint density at radius 1 is 1.40 bits per heavy atom. The molecule has 2 rings (SSSR count). The molecule has 0 amide bonds. The topological polar surface area (TPSA) is 43.1 Å². The van der Waals surface area contributed by atoms with Gasteiger partial charge in [-0.1, -0.05) is 33.2 Å². The predicted octanol–water partition coefficient (Wildman–Crippen LogP) is 3.31. The first kappa shape index (κ1) is 10.1. The van der Waals surface area contributed by atoms with Crippen molar-refractivity contribution >= 4 is 21.7 Å². The van der Waals surface area contributed by atoms with Crippen LogP contribution in [-0.4, -0.2) is 10.9 Å². The maximum Gasteiger partial charge on any atom is 0.202 e. The molecule has 1 aromatic carbocycles. The third-order valence-corrected chi connectivity index (χ3v) is 2.47. The molecule has 0 aliphatic rings. The van der Waals surface area contributed by atoms with Crippen LogP contribution in [0.3, 0.4) is 0 Å². The number of hydrogen-bond donors (Lipinski definition) is 0. The molecular weight excluding hydrogens is 258 g/mol. The number of ketones is 1. The first-order valence-corrected chi connectivity index (χ1v) is 5.20. The molecule has 2 aromatic rings. The number of aromatic nitrogens is 1. The second kappa shape index (κ2) is 3.98. The number of hydrogen-bond acceptors (Lipinski definition) is 3. The van der Waals surface area contributed by atoms with Gasteiger partial charge in [-0.25, -0.2) is 0 Å². The Morgan fingerprint density at radius 2 is 2.20 bits per heavy atom. The molecule has 0 radical (unpaired) electrons. The van der Waals surface area contributed by atoms with Crippen LogP contribution in [0.5, 0.6) is 0 Å². The molecule has 0 N–H and O–H groups in total. The van der Waals surface area contributed by atoms with E-state index in [0.717, 1.165) is 10.0 Å². The Hall–Kier alpha value is -1.42. The third-order valence-electron chi connectivity index (χ3n) is 1.98. The minimum absolute atomic E-state index is 0.122. The summed E-state index contributed by atoms with van der Waals surface area (Å²) in [5.74, 6) is 0.161. The van der Waals surface area contributed by atoms with Crippen molar-refractivity contribution < 1.29 is 9.32 Å². The van der Waals surface area contributed by atoms with Crippen LogP contribution in [0.4, 0.5) is 0 Å². The molecule has 3 nitrogen and oxygen atoms in total. The Morgan fingerprint density at radius 3 is 2.80 bits per heavy atom. The zero-order chi connectivity index (χ0) is 10.8. The van der Waals surface area contributed by atoms with Gasteiger partial charge < -0.3 is 4.52 Å². The standard InChI is InChI=1S/C11H8BrNO2/c1-7(14)11-6-10(13-15-11)8-3-2-4-9(12)5-8/h2-6H,1H3. The highest BCUT2D eigenvalue weighted by Crippen LogP contribution is 2.22. The molecule has 0 unspecified atom stereocenters. The lowest BCUT2D eigenvalue weighted by molar-refractivity contribution is 0.0978. The van der Waals surface area contributed by atoms with Gasteiger partial charge in [0.05, 0.1) is 0 Å². The molecule has 0 saturated heterocycles.